The summed E-state index contributed by atoms with van der Waals surface area (Å²) in [5.41, 5.74) is 2.13. The largest absolute Gasteiger partial charge is 0.490 e. The molecule has 0 spiro atoms. The summed E-state index contributed by atoms with van der Waals surface area (Å²) in [6.07, 6.45) is 1.68. The van der Waals surface area contributed by atoms with Crippen molar-refractivity contribution in [2.45, 2.75) is 19.6 Å². The third kappa shape index (κ3) is 5.90. The lowest BCUT2D eigenvalue weighted by molar-refractivity contribution is -0.145. The van der Waals surface area contributed by atoms with E-state index in [0.29, 0.717) is 45.8 Å². The van der Waals surface area contributed by atoms with Gasteiger partial charge in [0.15, 0.2) is 17.5 Å². The van der Waals surface area contributed by atoms with E-state index in [4.69, 9.17) is 33.3 Å². The number of ether oxygens (including phenoxy) is 2. The summed E-state index contributed by atoms with van der Waals surface area (Å²) in [7, 11) is 0. The third-order valence-corrected chi connectivity index (χ3v) is 6.89. The van der Waals surface area contributed by atoms with Gasteiger partial charge in [-0.3, -0.25) is 9.69 Å². The Balaban J connectivity index is 1.56. The number of carbonyl (C=O) groups is 2. The number of carboxylic acid groups (broad SMARTS) is 1. The zero-order chi connectivity index (χ0) is 25.7. The van der Waals surface area contributed by atoms with Crippen LogP contribution >= 0.6 is 35.6 Å². The van der Waals surface area contributed by atoms with E-state index in [1.165, 1.54) is 0 Å². The second-order valence-corrected chi connectivity index (χ2v) is 9.87. The summed E-state index contributed by atoms with van der Waals surface area (Å²) in [5.74, 6) is -0.517. The van der Waals surface area contributed by atoms with Gasteiger partial charge in [0, 0.05) is 5.02 Å². The van der Waals surface area contributed by atoms with E-state index in [1.54, 1.807) is 66.7 Å². The van der Waals surface area contributed by atoms with Gasteiger partial charge >= 0.3 is 5.97 Å². The topological polar surface area (TPSA) is 76.1 Å². The lowest BCUT2D eigenvalue weighted by Crippen LogP contribution is -2.37. The van der Waals surface area contributed by atoms with Crippen LogP contribution in [0.15, 0.2) is 77.7 Å². The summed E-state index contributed by atoms with van der Waals surface area (Å²) in [5, 5.41) is 10.5. The van der Waals surface area contributed by atoms with Crippen LogP contribution in [0.25, 0.3) is 6.08 Å². The van der Waals surface area contributed by atoms with E-state index in [2.05, 4.69) is 0 Å². The lowest BCUT2D eigenvalue weighted by atomic mass is 10.1. The first-order valence-corrected chi connectivity index (χ1v) is 12.7. The van der Waals surface area contributed by atoms with Gasteiger partial charge in [0.25, 0.3) is 5.91 Å². The first kappa shape index (κ1) is 25.8. The molecule has 9 heteroatoms. The molecule has 3 aromatic carbocycles. The van der Waals surface area contributed by atoms with Crippen molar-refractivity contribution in [1.82, 2.24) is 4.90 Å². The molecule has 1 aliphatic rings. The molecule has 1 amide bonds. The van der Waals surface area contributed by atoms with E-state index >= 15 is 0 Å². The molecule has 0 unspecified atom stereocenters. The number of aliphatic carboxylic acids is 1. The summed E-state index contributed by atoms with van der Waals surface area (Å²) in [6, 6.07) is 20.1. The fourth-order valence-electron chi connectivity index (χ4n) is 3.63. The average Bonchev–Trinajstić information content (AvgIpc) is 3.13. The Morgan fingerprint density at radius 2 is 1.81 bits per heavy atom. The van der Waals surface area contributed by atoms with Crippen LogP contribution in [0.2, 0.25) is 5.02 Å². The minimum Gasteiger partial charge on any atom is -0.490 e. The van der Waals surface area contributed by atoms with Crippen LogP contribution < -0.4 is 9.47 Å². The van der Waals surface area contributed by atoms with Crippen LogP contribution in [0.1, 0.15) is 29.7 Å². The maximum Gasteiger partial charge on any atom is 0.331 e. The highest BCUT2D eigenvalue weighted by Gasteiger charge is 2.41. The summed E-state index contributed by atoms with van der Waals surface area (Å²) < 4.78 is 11.9. The fraction of sp³-hybridized carbons (Fsp3) is 0.148. The number of benzene rings is 3. The highest BCUT2D eigenvalue weighted by molar-refractivity contribution is 8.26. The van der Waals surface area contributed by atoms with Crippen LogP contribution in [-0.4, -0.2) is 32.8 Å². The molecule has 1 atom stereocenters. The van der Waals surface area contributed by atoms with Gasteiger partial charge in [0.2, 0.25) is 0 Å². The van der Waals surface area contributed by atoms with Crippen molar-refractivity contribution in [2.75, 3.05) is 6.61 Å². The first-order chi connectivity index (χ1) is 17.4. The SMILES string of the molecule is CCOc1cc(/C=C2\SC(=S)N([C@@H](C(=O)O)c3ccccc3)C2=O)ccc1OCc1ccc(Cl)cc1. The Kier molecular flexibility index (Phi) is 8.30. The van der Waals surface area contributed by atoms with Crippen molar-refractivity contribution in [3.8, 4) is 11.5 Å². The van der Waals surface area contributed by atoms with Crippen LogP contribution in [0, 0.1) is 0 Å². The van der Waals surface area contributed by atoms with Crippen LogP contribution in [0.3, 0.4) is 0 Å². The molecule has 1 N–H and O–H groups in total. The van der Waals surface area contributed by atoms with Gasteiger partial charge in [-0.1, -0.05) is 84.1 Å². The number of carbonyl (C=O) groups excluding carboxylic acids is 1. The number of thioether (sulfide) groups is 1. The Morgan fingerprint density at radius 1 is 1.08 bits per heavy atom. The number of carboxylic acids is 1. The number of hydrogen-bond acceptors (Lipinski definition) is 6. The first-order valence-electron chi connectivity index (χ1n) is 11.1. The number of halogens is 1. The van der Waals surface area contributed by atoms with Crippen molar-refractivity contribution < 1.29 is 24.2 Å². The second-order valence-electron chi connectivity index (χ2n) is 7.76. The van der Waals surface area contributed by atoms with Crippen LogP contribution in [0.5, 0.6) is 11.5 Å². The molecule has 1 fully saturated rings. The molecule has 3 aromatic rings. The van der Waals surface area contributed by atoms with E-state index in [9.17, 15) is 14.7 Å². The Labute approximate surface area is 223 Å². The van der Waals surface area contributed by atoms with Crippen LogP contribution in [-0.2, 0) is 16.2 Å². The smallest absolute Gasteiger partial charge is 0.331 e. The maximum atomic E-state index is 13.2. The molecule has 0 aliphatic carbocycles. The van der Waals surface area contributed by atoms with Crippen LogP contribution in [0.4, 0.5) is 0 Å². The van der Waals surface area contributed by atoms with Crippen molar-refractivity contribution in [3.63, 3.8) is 0 Å². The fourth-order valence-corrected chi connectivity index (χ4v) is 5.07. The molecule has 1 aliphatic heterocycles. The van der Waals surface area contributed by atoms with Gasteiger partial charge in [-0.15, -0.1) is 0 Å². The molecule has 1 saturated heterocycles. The quantitative estimate of drug-likeness (QED) is 0.251. The van der Waals surface area contributed by atoms with Crippen molar-refractivity contribution in [2.24, 2.45) is 0 Å². The highest BCUT2D eigenvalue weighted by Crippen LogP contribution is 2.39. The standard InChI is InChI=1S/C27H22ClNO5S2/c1-2-33-22-14-18(10-13-21(22)34-16-17-8-11-20(28)12-9-17)15-23-25(30)29(27(35)36-23)24(26(31)32)19-6-4-3-5-7-19/h3-15,24H,2,16H2,1H3,(H,31,32)/b23-15-/t24-/m1/s1. The van der Waals surface area contributed by atoms with Gasteiger partial charge in [-0.05, 0) is 54.0 Å². The summed E-state index contributed by atoms with van der Waals surface area (Å²) in [6.45, 7) is 2.64. The van der Waals surface area contributed by atoms with E-state index in [0.717, 1.165) is 22.2 Å². The molecule has 36 heavy (non-hydrogen) atoms. The Hall–Kier alpha value is -3.33. The predicted octanol–water partition coefficient (Wildman–Crippen LogP) is 6.34. The van der Waals surface area contributed by atoms with Gasteiger partial charge < -0.3 is 14.6 Å². The average molecular weight is 540 g/mol. The molecular formula is C27H22ClNO5S2. The third-order valence-electron chi connectivity index (χ3n) is 5.30. The second kappa shape index (κ2) is 11.6. The van der Waals surface area contributed by atoms with E-state index in [1.807, 2.05) is 19.1 Å². The Bertz CT molecular complexity index is 1310. The summed E-state index contributed by atoms with van der Waals surface area (Å²) in [4.78, 5) is 26.8. The monoisotopic (exact) mass is 539 g/mol. The summed E-state index contributed by atoms with van der Waals surface area (Å²) >= 11 is 12.4. The zero-order valence-electron chi connectivity index (χ0n) is 19.2. The normalized spacial score (nSPS) is 15.3. The predicted molar refractivity (Wildman–Crippen MR) is 145 cm³/mol. The van der Waals surface area contributed by atoms with Crippen molar-refractivity contribution in [3.05, 3.63) is 99.4 Å². The number of hydrogen-bond donors (Lipinski definition) is 1. The van der Waals surface area contributed by atoms with Crippen molar-refractivity contribution >= 4 is 57.9 Å². The minimum atomic E-state index is -1.20. The zero-order valence-corrected chi connectivity index (χ0v) is 21.6. The minimum absolute atomic E-state index is 0.190. The van der Waals surface area contributed by atoms with Crippen molar-refractivity contribution in [1.29, 1.82) is 0 Å². The van der Waals surface area contributed by atoms with E-state index < -0.39 is 17.9 Å². The maximum absolute atomic E-state index is 13.2. The molecule has 6 nitrogen and oxygen atoms in total. The molecular weight excluding hydrogens is 518 g/mol. The Morgan fingerprint density at radius 3 is 2.47 bits per heavy atom. The molecule has 0 radical (unpaired) electrons. The number of rotatable bonds is 9. The van der Waals surface area contributed by atoms with Gasteiger partial charge in [-0.2, -0.15) is 0 Å². The molecule has 4 rings (SSSR count). The van der Waals surface area contributed by atoms with Gasteiger partial charge in [0.05, 0.1) is 11.5 Å². The molecule has 184 valence electrons. The molecule has 0 saturated carbocycles. The number of amides is 1. The molecule has 0 aromatic heterocycles. The number of nitrogens with zero attached hydrogens (tertiary/aromatic N) is 1. The highest BCUT2D eigenvalue weighted by atomic mass is 35.5. The molecule has 0 bridgehead atoms. The molecule has 1 heterocycles. The lowest BCUT2D eigenvalue weighted by Gasteiger charge is -2.23. The van der Waals surface area contributed by atoms with Gasteiger partial charge in [0.1, 0.15) is 10.9 Å². The van der Waals surface area contributed by atoms with Gasteiger partial charge in [-0.25, -0.2) is 4.79 Å². The van der Waals surface area contributed by atoms with E-state index in [-0.39, 0.29) is 4.32 Å². The number of thiocarbonyl (C=S) groups is 1.